The molecule has 2 heterocycles. The number of nitrogens with one attached hydrogen (secondary N) is 1. The van der Waals surface area contributed by atoms with Crippen LogP contribution < -0.4 is 5.32 Å². The topological polar surface area (TPSA) is 37.4 Å². The van der Waals surface area contributed by atoms with E-state index in [1.54, 1.807) is 7.11 Å². The second-order valence-corrected chi connectivity index (χ2v) is 5.28. The van der Waals surface area contributed by atoms with Crippen molar-refractivity contribution in [2.45, 2.75) is 26.3 Å². The Hall–Kier alpha value is -1.13. The van der Waals surface area contributed by atoms with Crippen molar-refractivity contribution >= 4 is 5.82 Å². The van der Waals surface area contributed by atoms with Gasteiger partial charge in [-0.1, -0.05) is 13.0 Å². The molecule has 1 aromatic heterocycles. The molecule has 0 bridgehead atoms. The number of ether oxygens (including phenoxy) is 1. The molecule has 1 aliphatic heterocycles. The Morgan fingerprint density at radius 2 is 2.42 bits per heavy atom. The number of likely N-dealkylation sites (tertiary alicyclic amines) is 1. The molecular weight excluding hydrogens is 238 g/mol. The van der Waals surface area contributed by atoms with E-state index in [2.05, 4.69) is 28.2 Å². The van der Waals surface area contributed by atoms with Crippen LogP contribution >= 0.6 is 0 Å². The van der Waals surface area contributed by atoms with Crippen molar-refractivity contribution in [3.8, 4) is 0 Å². The van der Waals surface area contributed by atoms with Gasteiger partial charge in [0.15, 0.2) is 0 Å². The van der Waals surface area contributed by atoms with Gasteiger partial charge < -0.3 is 10.1 Å². The van der Waals surface area contributed by atoms with Crippen molar-refractivity contribution < 1.29 is 4.74 Å². The predicted octanol–water partition coefficient (Wildman–Crippen LogP) is 2.37. The summed E-state index contributed by atoms with van der Waals surface area (Å²) in [5.74, 6) is 1.73. The first-order valence-electron chi connectivity index (χ1n) is 7.22. The van der Waals surface area contributed by atoms with Crippen LogP contribution in [0.1, 0.15) is 25.3 Å². The second kappa shape index (κ2) is 7.46. The molecule has 4 nitrogen and oxygen atoms in total. The lowest BCUT2D eigenvalue weighted by molar-refractivity contribution is 0.152. The van der Waals surface area contributed by atoms with Gasteiger partial charge in [0.25, 0.3) is 0 Å². The van der Waals surface area contributed by atoms with Crippen molar-refractivity contribution in [1.82, 2.24) is 9.88 Å². The summed E-state index contributed by atoms with van der Waals surface area (Å²) in [6.07, 6.45) is 4.22. The summed E-state index contributed by atoms with van der Waals surface area (Å²) in [5.41, 5.74) is 1.30. The maximum absolute atomic E-state index is 5.25. The zero-order chi connectivity index (χ0) is 13.5. The molecule has 1 saturated heterocycles. The van der Waals surface area contributed by atoms with Crippen molar-refractivity contribution in [2.75, 3.05) is 38.7 Å². The molecule has 4 heteroatoms. The Labute approximate surface area is 116 Å². The van der Waals surface area contributed by atoms with Crippen LogP contribution in [-0.2, 0) is 11.3 Å². The minimum Gasteiger partial charge on any atom is -0.384 e. The van der Waals surface area contributed by atoms with E-state index in [-0.39, 0.29) is 0 Å². The maximum atomic E-state index is 5.25. The molecule has 1 fully saturated rings. The molecule has 1 unspecified atom stereocenters. The van der Waals surface area contributed by atoms with Crippen LogP contribution in [0.2, 0.25) is 0 Å². The van der Waals surface area contributed by atoms with Gasteiger partial charge in [0.1, 0.15) is 5.82 Å². The molecule has 0 saturated carbocycles. The fourth-order valence-corrected chi connectivity index (χ4v) is 2.64. The highest BCUT2D eigenvalue weighted by atomic mass is 16.5. The average Bonchev–Trinajstić information content (AvgIpc) is 2.86. The summed E-state index contributed by atoms with van der Waals surface area (Å²) >= 11 is 0. The molecule has 1 atom stereocenters. The number of nitrogens with zero attached hydrogens (tertiary/aromatic N) is 2. The van der Waals surface area contributed by atoms with E-state index in [4.69, 9.17) is 4.74 Å². The first-order valence-corrected chi connectivity index (χ1v) is 7.22. The normalized spacial score (nSPS) is 19.8. The number of hydrogen-bond acceptors (Lipinski definition) is 4. The van der Waals surface area contributed by atoms with E-state index in [0.717, 1.165) is 45.0 Å². The SMILES string of the molecule is CCCNc1ncccc1CN1CCC(COC)C1. The number of aromatic nitrogens is 1. The van der Waals surface area contributed by atoms with Crippen LogP contribution in [0.4, 0.5) is 5.82 Å². The molecule has 0 amide bonds. The van der Waals surface area contributed by atoms with Crippen LogP contribution in [0, 0.1) is 5.92 Å². The minimum absolute atomic E-state index is 0.689. The average molecular weight is 263 g/mol. The summed E-state index contributed by atoms with van der Waals surface area (Å²) in [6, 6.07) is 4.20. The van der Waals surface area contributed by atoms with Gasteiger partial charge in [-0.3, -0.25) is 4.90 Å². The van der Waals surface area contributed by atoms with Crippen LogP contribution in [0.5, 0.6) is 0 Å². The molecule has 106 valence electrons. The van der Waals surface area contributed by atoms with E-state index in [0.29, 0.717) is 5.92 Å². The van der Waals surface area contributed by atoms with E-state index in [9.17, 15) is 0 Å². The molecule has 1 aliphatic rings. The molecule has 0 aromatic carbocycles. The largest absolute Gasteiger partial charge is 0.384 e. The number of hydrogen-bond donors (Lipinski definition) is 1. The summed E-state index contributed by atoms with van der Waals surface area (Å²) in [7, 11) is 1.79. The zero-order valence-electron chi connectivity index (χ0n) is 12.1. The van der Waals surface area contributed by atoms with Gasteiger partial charge in [0.2, 0.25) is 0 Å². The molecule has 2 rings (SSSR count). The van der Waals surface area contributed by atoms with Gasteiger partial charge >= 0.3 is 0 Å². The molecule has 19 heavy (non-hydrogen) atoms. The Morgan fingerprint density at radius 3 is 3.21 bits per heavy atom. The Morgan fingerprint density at radius 1 is 1.53 bits per heavy atom. The van der Waals surface area contributed by atoms with Crippen LogP contribution in [-0.4, -0.2) is 43.2 Å². The number of pyridine rings is 1. The lowest BCUT2D eigenvalue weighted by atomic mass is 10.1. The third-order valence-electron chi connectivity index (χ3n) is 3.60. The van der Waals surface area contributed by atoms with E-state index >= 15 is 0 Å². The van der Waals surface area contributed by atoms with E-state index in [1.807, 2.05) is 12.3 Å². The van der Waals surface area contributed by atoms with Crippen molar-refractivity contribution in [3.05, 3.63) is 23.9 Å². The smallest absolute Gasteiger partial charge is 0.130 e. The lowest BCUT2D eigenvalue weighted by Gasteiger charge is -2.18. The van der Waals surface area contributed by atoms with Crippen LogP contribution in [0.25, 0.3) is 0 Å². The Kier molecular flexibility index (Phi) is 5.61. The van der Waals surface area contributed by atoms with Gasteiger partial charge in [-0.15, -0.1) is 0 Å². The van der Waals surface area contributed by atoms with Gasteiger partial charge in [-0.2, -0.15) is 0 Å². The number of anilines is 1. The highest BCUT2D eigenvalue weighted by Gasteiger charge is 2.22. The van der Waals surface area contributed by atoms with Crippen molar-refractivity contribution in [2.24, 2.45) is 5.92 Å². The number of methoxy groups -OCH3 is 1. The van der Waals surface area contributed by atoms with Gasteiger partial charge in [0, 0.05) is 38.5 Å². The first-order chi connectivity index (χ1) is 9.33. The molecule has 1 aromatic rings. The highest BCUT2D eigenvalue weighted by Crippen LogP contribution is 2.21. The molecule has 0 radical (unpaired) electrons. The quantitative estimate of drug-likeness (QED) is 0.819. The minimum atomic E-state index is 0.689. The van der Waals surface area contributed by atoms with E-state index in [1.165, 1.54) is 12.0 Å². The fourth-order valence-electron chi connectivity index (χ4n) is 2.64. The summed E-state index contributed by atoms with van der Waals surface area (Å²) in [5, 5.41) is 3.41. The second-order valence-electron chi connectivity index (χ2n) is 5.28. The third-order valence-corrected chi connectivity index (χ3v) is 3.60. The zero-order valence-corrected chi connectivity index (χ0v) is 12.1. The van der Waals surface area contributed by atoms with Gasteiger partial charge in [-0.05, 0) is 31.4 Å². The molecular formula is C15H25N3O. The summed E-state index contributed by atoms with van der Waals surface area (Å²) < 4.78 is 5.25. The number of rotatable bonds is 7. The fraction of sp³-hybridized carbons (Fsp3) is 0.667. The monoisotopic (exact) mass is 263 g/mol. The molecule has 0 spiro atoms. The van der Waals surface area contributed by atoms with Crippen LogP contribution in [0.3, 0.4) is 0 Å². The van der Waals surface area contributed by atoms with E-state index < -0.39 is 0 Å². The molecule has 0 aliphatic carbocycles. The van der Waals surface area contributed by atoms with Crippen molar-refractivity contribution in [1.29, 1.82) is 0 Å². The highest BCUT2D eigenvalue weighted by molar-refractivity contribution is 5.43. The summed E-state index contributed by atoms with van der Waals surface area (Å²) in [6.45, 7) is 7.32. The standard InChI is InChI=1S/C15H25N3O/c1-3-7-16-15-14(5-4-8-17-15)11-18-9-6-13(10-18)12-19-2/h4-5,8,13H,3,6-7,9-12H2,1-2H3,(H,16,17). The molecule has 1 N–H and O–H groups in total. The van der Waals surface area contributed by atoms with Crippen molar-refractivity contribution in [3.63, 3.8) is 0 Å². The Bertz CT molecular complexity index is 383. The third kappa shape index (κ3) is 4.18. The maximum Gasteiger partial charge on any atom is 0.130 e. The van der Waals surface area contributed by atoms with Gasteiger partial charge in [0.05, 0.1) is 6.61 Å². The van der Waals surface area contributed by atoms with Gasteiger partial charge in [-0.25, -0.2) is 4.98 Å². The Balaban J connectivity index is 1.92. The summed E-state index contributed by atoms with van der Waals surface area (Å²) in [4.78, 5) is 6.95. The first kappa shape index (κ1) is 14.3. The predicted molar refractivity (Wildman–Crippen MR) is 78.3 cm³/mol. The lowest BCUT2D eigenvalue weighted by Crippen LogP contribution is -2.22. The van der Waals surface area contributed by atoms with Crippen LogP contribution in [0.15, 0.2) is 18.3 Å².